The molecular weight excluding hydrogens is 492 g/mol. The Kier molecular flexibility index (Phi) is 5.66. The number of ether oxygens (including phenoxy) is 1. The number of carboxylic acids is 1. The first-order valence-corrected chi connectivity index (χ1v) is 14.5. The molecule has 0 unspecified atom stereocenters. The van der Waals surface area contributed by atoms with Gasteiger partial charge >= 0.3 is 11.9 Å². The van der Waals surface area contributed by atoms with Gasteiger partial charge in [0, 0.05) is 10.3 Å². The minimum absolute atomic E-state index is 0.0411. The van der Waals surface area contributed by atoms with E-state index in [2.05, 4.69) is 12.1 Å². The molecule has 4 aromatic rings. The van der Waals surface area contributed by atoms with Gasteiger partial charge in [-0.05, 0) is 113 Å². The maximum atomic E-state index is 13.7. The first-order chi connectivity index (χ1) is 18.5. The van der Waals surface area contributed by atoms with Crippen LogP contribution in [0.3, 0.4) is 0 Å². The Balaban J connectivity index is 1.31. The third-order valence-electron chi connectivity index (χ3n) is 9.15. The van der Waals surface area contributed by atoms with Crippen LogP contribution in [0.2, 0.25) is 0 Å². The van der Waals surface area contributed by atoms with Gasteiger partial charge in [0.15, 0.2) is 0 Å². The minimum Gasteiger partial charge on any atom is -0.478 e. The normalized spacial score (nSPS) is 25.5. The van der Waals surface area contributed by atoms with Gasteiger partial charge in [-0.1, -0.05) is 42.5 Å². The Morgan fingerprint density at radius 3 is 2.24 bits per heavy atom. The molecule has 4 saturated carbocycles. The van der Waals surface area contributed by atoms with Crippen LogP contribution in [0.15, 0.2) is 72.1 Å². The Morgan fingerprint density at radius 1 is 0.868 bits per heavy atom. The number of benzene rings is 3. The number of thiophene rings is 1. The number of rotatable bonds is 6. The average Bonchev–Trinajstić information content (AvgIpc) is 3.41. The molecule has 8 rings (SSSR count). The van der Waals surface area contributed by atoms with Crippen LogP contribution in [-0.4, -0.2) is 17.0 Å². The van der Waals surface area contributed by atoms with Crippen LogP contribution in [0.5, 0.6) is 0 Å². The van der Waals surface area contributed by atoms with E-state index < -0.39 is 5.97 Å². The number of aromatic carboxylic acids is 1. The maximum Gasteiger partial charge on any atom is 0.338 e. The van der Waals surface area contributed by atoms with E-state index in [1.165, 1.54) is 30.6 Å². The molecule has 0 saturated heterocycles. The van der Waals surface area contributed by atoms with Crippen molar-refractivity contribution in [1.82, 2.24) is 0 Å². The summed E-state index contributed by atoms with van der Waals surface area (Å²) in [5.74, 6) is 1.14. The van der Waals surface area contributed by atoms with E-state index in [4.69, 9.17) is 4.74 Å². The monoisotopic (exact) mass is 522 g/mol. The molecule has 1 heterocycles. The Hall–Kier alpha value is -3.44. The molecule has 0 spiro atoms. The molecule has 4 aliphatic carbocycles. The van der Waals surface area contributed by atoms with Crippen LogP contribution >= 0.6 is 11.3 Å². The summed E-state index contributed by atoms with van der Waals surface area (Å²) in [5.41, 5.74) is 4.23. The van der Waals surface area contributed by atoms with Crippen molar-refractivity contribution in [2.75, 3.05) is 0 Å². The highest BCUT2D eigenvalue weighted by atomic mass is 32.1. The number of carboxylic acid groups (broad SMARTS) is 1. The summed E-state index contributed by atoms with van der Waals surface area (Å²) in [4.78, 5) is 26.0. The van der Waals surface area contributed by atoms with E-state index in [1.807, 2.05) is 48.5 Å². The van der Waals surface area contributed by atoms with Gasteiger partial charge in [0.1, 0.15) is 6.61 Å². The van der Waals surface area contributed by atoms with Gasteiger partial charge < -0.3 is 9.84 Å². The molecule has 0 atom stereocenters. The van der Waals surface area contributed by atoms with Crippen LogP contribution in [0, 0.1) is 17.8 Å². The standard InChI is InChI=1S/C33H30O4S/c34-31(35)27-14-30(38-19-27)25-7-6-24-12-28(32(36)37-18-20-4-2-1-3-5-20)29(13-26(24)11-25)33-15-21-8-22(16-33)10-23(9-21)17-33/h1-7,11-14,19,21-23H,8-10,15-18H2,(H,34,35). The summed E-state index contributed by atoms with van der Waals surface area (Å²) in [6, 6.07) is 22.1. The van der Waals surface area contributed by atoms with E-state index >= 15 is 0 Å². The third kappa shape index (κ3) is 4.14. The highest BCUT2D eigenvalue weighted by Crippen LogP contribution is 2.61. The molecule has 4 nitrogen and oxygen atoms in total. The molecule has 0 amide bonds. The third-order valence-corrected chi connectivity index (χ3v) is 10.1. The predicted molar refractivity (Wildman–Crippen MR) is 150 cm³/mol. The van der Waals surface area contributed by atoms with Crippen molar-refractivity contribution in [1.29, 1.82) is 0 Å². The Morgan fingerprint density at radius 2 is 1.58 bits per heavy atom. The lowest BCUT2D eigenvalue weighted by molar-refractivity contribution is -0.00608. The molecule has 4 bridgehead atoms. The zero-order valence-electron chi connectivity index (χ0n) is 21.2. The molecule has 5 heteroatoms. The highest BCUT2D eigenvalue weighted by Gasteiger charge is 2.52. The van der Waals surface area contributed by atoms with Gasteiger partial charge in [-0.3, -0.25) is 0 Å². The van der Waals surface area contributed by atoms with Crippen molar-refractivity contribution in [3.05, 3.63) is 94.4 Å². The van der Waals surface area contributed by atoms with E-state index in [-0.39, 0.29) is 18.0 Å². The van der Waals surface area contributed by atoms with Gasteiger partial charge in [-0.2, -0.15) is 0 Å². The Labute approximate surface area is 226 Å². The predicted octanol–water partition coefficient (Wildman–Crippen LogP) is 8.09. The van der Waals surface area contributed by atoms with Crippen LogP contribution in [0.4, 0.5) is 0 Å². The summed E-state index contributed by atoms with van der Waals surface area (Å²) in [5, 5.41) is 13.2. The second kappa shape index (κ2) is 9.09. The second-order valence-corrected chi connectivity index (χ2v) is 12.6. The van der Waals surface area contributed by atoms with Crippen LogP contribution < -0.4 is 0 Å². The van der Waals surface area contributed by atoms with Crippen LogP contribution in [0.1, 0.15) is 70.4 Å². The van der Waals surface area contributed by atoms with E-state index in [0.717, 1.165) is 69.4 Å². The summed E-state index contributed by atoms with van der Waals surface area (Å²) >= 11 is 1.45. The number of hydrogen-bond donors (Lipinski definition) is 1. The summed E-state index contributed by atoms with van der Waals surface area (Å²) in [6.07, 6.45) is 7.52. The van der Waals surface area contributed by atoms with Gasteiger partial charge in [-0.25, -0.2) is 9.59 Å². The SMILES string of the molecule is O=C(O)c1csc(-c2ccc3cc(C(=O)OCc4ccccc4)c(C45CC6CC(CC(C6)C4)C5)cc3c2)c1. The fraction of sp³-hybridized carbons (Fsp3) is 0.333. The smallest absolute Gasteiger partial charge is 0.338 e. The average molecular weight is 523 g/mol. The zero-order chi connectivity index (χ0) is 25.9. The van der Waals surface area contributed by atoms with Gasteiger partial charge in [0.2, 0.25) is 0 Å². The number of fused-ring (bicyclic) bond motifs is 1. The van der Waals surface area contributed by atoms with E-state index in [9.17, 15) is 14.7 Å². The second-order valence-electron chi connectivity index (χ2n) is 11.7. The molecule has 38 heavy (non-hydrogen) atoms. The molecule has 1 N–H and O–H groups in total. The van der Waals surface area contributed by atoms with Crippen molar-refractivity contribution in [3.8, 4) is 10.4 Å². The molecule has 1 aromatic heterocycles. The number of hydrogen-bond acceptors (Lipinski definition) is 4. The van der Waals surface area contributed by atoms with Crippen molar-refractivity contribution in [2.45, 2.75) is 50.5 Å². The zero-order valence-corrected chi connectivity index (χ0v) is 22.0. The van der Waals surface area contributed by atoms with Crippen molar-refractivity contribution >= 4 is 34.0 Å². The van der Waals surface area contributed by atoms with E-state index in [0.29, 0.717) is 11.1 Å². The molecule has 4 aliphatic rings. The summed E-state index contributed by atoms with van der Waals surface area (Å²) in [7, 11) is 0. The summed E-state index contributed by atoms with van der Waals surface area (Å²) in [6.45, 7) is 0.265. The molecule has 3 aromatic carbocycles. The highest BCUT2D eigenvalue weighted by molar-refractivity contribution is 7.13. The molecule has 0 aliphatic heterocycles. The van der Waals surface area contributed by atoms with Crippen molar-refractivity contribution in [3.63, 3.8) is 0 Å². The van der Waals surface area contributed by atoms with Gasteiger partial charge in [0.05, 0.1) is 11.1 Å². The lowest BCUT2D eigenvalue weighted by Gasteiger charge is -2.57. The Bertz CT molecular complexity index is 1510. The minimum atomic E-state index is -0.906. The first-order valence-electron chi connectivity index (χ1n) is 13.6. The molecule has 192 valence electrons. The fourth-order valence-electron chi connectivity index (χ4n) is 7.90. The van der Waals surface area contributed by atoms with Gasteiger partial charge in [-0.15, -0.1) is 11.3 Å². The number of carbonyl (C=O) groups is 2. The van der Waals surface area contributed by atoms with Crippen molar-refractivity contribution < 1.29 is 19.4 Å². The lowest BCUT2D eigenvalue weighted by Crippen LogP contribution is -2.49. The van der Waals surface area contributed by atoms with E-state index in [1.54, 1.807) is 11.4 Å². The number of carbonyl (C=O) groups excluding carboxylic acids is 1. The number of esters is 1. The lowest BCUT2D eigenvalue weighted by atomic mass is 9.47. The molecule has 0 radical (unpaired) electrons. The first kappa shape index (κ1) is 23.7. The quantitative estimate of drug-likeness (QED) is 0.260. The van der Waals surface area contributed by atoms with Crippen LogP contribution in [0.25, 0.3) is 21.2 Å². The van der Waals surface area contributed by atoms with Gasteiger partial charge in [0.25, 0.3) is 0 Å². The maximum absolute atomic E-state index is 13.7. The van der Waals surface area contributed by atoms with Crippen LogP contribution in [-0.2, 0) is 16.8 Å². The summed E-state index contributed by atoms with van der Waals surface area (Å²) < 4.78 is 5.89. The molecule has 4 fully saturated rings. The fourth-order valence-corrected chi connectivity index (χ4v) is 8.78. The topological polar surface area (TPSA) is 63.6 Å². The molecular formula is C33H30O4S. The van der Waals surface area contributed by atoms with Crippen molar-refractivity contribution in [2.24, 2.45) is 17.8 Å². The largest absolute Gasteiger partial charge is 0.478 e.